The largest absolute Gasteiger partial charge is 0.339 e. The van der Waals surface area contributed by atoms with Gasteiger partial charge in [-0.1, -0.05) is 42.5 Å². The molecule has 2 amide bonds. The molecule has 1 aliphatic heterocycles. The molecule has 40 heavy (non-hydrogen) atoms. The maximum atomic E-state index is 13.1. The molecule has 206 valence electrons. The SMILES string of the molecule is O=C(CCc1ccc(CF)cc1)N1CCN(C(=O)c2ccc(NS(=O)(=O)c3cccc4cccnc34)cc2)CC1. The van der Waals surface area contributed by atoms with E-state index in [0.717, 1.165) is 10.9 Å². The van der Waals surface area contributed by atoms with E-state index in [1.807, 2.05) is 12.1 Å². The maximum absolute atomic E-state index is 13.1. The summed E-state index contributed by atoms with van der Waals surface area (Å²) in [6, 6.07) is 22.0. The van der Waals surface area contributed by atoms with Crippen LogP contribution in [0.2, 0.25) is 0 Å². The Balaban J connectivity index is 1.15. The summed E-state index contributed by atoms with van der Waals surface area (Å²) in [4.78, 5) is 33.5. The van der Waals surface area contributed by atoms with Crippen LogP contribution in [-0.4, -0.2) is 61.2 Å². The highest BCUT2D eigenvalue weighted by Crippen LogP contribution is 2.24. The van der Waals surface area contributed by atoms with Crippen LogP contribution in [0.25, 0.3) is 10.9 Å². The molecule has 0 bridgehead atoms. The van der Waals surface area contributed by atoms with Crippen LogP contribution in [0.4, 0.5) is 10.1 Å². The second kappa shape index (κ2) is 11.8. The van der Waals surface area contributed by atoms with Crippen molar-refractivity contribution in [3.8, 4) is 0 Å². The van der Waals surface area contributed by atoms with Gasteiger partial charge in [0.25, 0.3) is 15.9 Å². The molecule has 2 heterocycles. The third kappa shape index (κ3) is 6.12. The Bertz CT molecular complexity index is 1610. The third-order valence-corrected chi connectivity index (χ3v) is 8.41. The number of rotatable bonds is 8. The number of carbonyl (C=O) groups excluding carboxylic acids is 2. The van der Waals surface area contributed by atoms with Gasteiger partial charge in [0, 0.05) is 55.4 Å². The van der Waals surface area contributed by atoms with Crippen molar-refractivity contribution in [2.24, 2.45) is 0 Å². The summed E-state index contributed by atoms with van der Waals surface area (Å²) >= 11 is 0. The molecule has 3 aromatic carbocycles. The van der Waals surface area contributed by atoms with Crippen LogP contribution in [-0.2, 0) is 27.9 Å². The van der Waals surface area contributed by atoms with Crippen LogP contribution >= 0.6 is 0 Å². The Morgan fingerprint density at radius 2 is 1.48 bits per heavy atom. The zero-order chi connectivity index (χ0) is 28.1. The number of piperazine rings is 1. The molecule has 1 aromatic heterocycles. The maximum Gasteiger partial charge on any atom is 0.264 e. The van der Waals surface area contributed by atoms with Crippen molar-refractivity contribution < 1.29 is 22.4 Å². The van der Waals surface area contributed by atoms with Gasteiger partial charge < -0.3 is 9.80 Å². The number of halogens is 1. The molecule has 10 heteroatoms. The van der Waals surface area contributed by atoms with Crippen molar-refractivity contribution in [3.05, 3.63) is 102 Å². The number of alkyl halides is 1. The first kappa shape index (κ1) is 27.3. The fourth-order valence-electron chi connectivity index (χ4n) is 4.73. The topological polar surface area (TPSA) is 99.7 Å². The van der Waals surface area contributed by atoms with E-state index in [9.17, 15) is 22.4 Å². The quantitative estimate of drug-likeness (QED) is 0.344. The van der Waals surface area contributed by atoms with Gasteiger partial charge in [0.05, 0.1) is 5.52 Å². The first-order valence-electron chi connectivity index (χ1n) is 13.0. The smallest absolute Gasteiger partial charge is 0.264 e. The number of aryl methyl sites for hydroxylation is 1. The van der Waals surface area contributed by atoms with Gasteiger partial charge in [-0.25, -0.2) is 12.8 Å². The van der Waals surface area contributed by atoms with Gasteiger partial charge in [0.2, 0.25) is 5.91 Å². The number of amides is 2. The molecule has 0 unspecified atom stereocenters. The van der Waals surface area contributed by atoms with Crippen LogP contribution in [0.3, 0.4) is 0 Å². The van der Waals surface area contributed by atoms with Crippen LogP contribution < -0.4 is 4.72 Å². The summed E-state index contributed by atoms with van der Waals surface area (Å²) in [7, 11) is -3.89. The molecule has 5 rings (SSSR count). The van der Waals surface area contributed by atoms with Crippen molar-refractivity contribution in [3.63, 3.8) is 0 Å². The number of carbonyl (C=O) groups is 2. The van der Waals surface area contributed by atoms with Crippen LogP contribution in [0, 0.1) is 0 Å². The Morgan fingerprint density at radius 3 is 2.17 bits per heavy atom. The molecule has 0 spiro atoms. The van der Waals surface area contributed by atoms with Crippen molar-refractivity contribution in [2.75, 3.05) is 30.9 Å². The number of anilines is 1. The van der Waals surface area contributed by atoms with Gasteiger partial charge in [-0.2, -0.15) is 0 Å². The second-order valence-electron chi connectivity index (χ2n) is 9.64. The number of pyridine rings is 1. The Labute approximate surface area is 232 Å². The van der Waals surface area contributed by atoms with E-state index in [1.165, 1.54) is 6.07 Å². The summed E-state index contributed by atoms with van der Waals surface area (Å²) in [5.74, 6) is -0.146. The van der Waals surface area contributed by atoms with Gasteiger partial charge >= 0.3 is 0 Å². The van der Waals surface area contributed by atoms with Gasteiger partial charge in [-0.3, -0.25) is 19.3 Å². The molecule has 1 fully saturated rings. The first-order chi connectivity index (χ1) is 19.3. The minimum atomic E-state index is -3.89. The van der Waals surface area contributed by atoms with Crippen molar-refractivity contribution >= 4 is 38.4 Å². The van der Waals surface area contributed by atoms with Crippen LogP contribution in [0.5, 0.6) is 0 Å². The lowest BCUT2D eigenvalue weighted by atomic mass is 10.1. The molecule has 0 aliphatic carbocycles. The van der Waals surface area contributed by atoms with Gasteiger partial charge in [-0.05, 0) is 53.9 Å². The average Bonchev–Trinajstić information content (AvgIpc) is 2.99. The lowest BCUT2D eigenvalue weighted by molar-refractivity contribution is -0.132. The van der Waals surface area contributed by atoms with E-state index in [-0.39, 0.29) is 16.7 Å². The third-order valence-electron chi connectivity index (χ3n) is 6.99. The highest BCUT2D eigenvalue weighted by molar-refractivity contribution is 7.93. The number of aromatic nitrogens is 1. The number of nitrogens with one attached hydrogen (secondary N) is 1. The lowest BCUT2D eigenvalue weighted by Crippen LogP contribution is -2.50. The zero-order valence-corrected chi connectivity index (χ0v) is 22.6. The van der Waals surface area contributed by atoms with E-state index in [0.29, 0.717) is 61.4 Å². The molecular formula is C30H29FN4O4S. The molecule has 0 saturated carbocycles. The highest BCUT2D eigenvalue weighted by atomic mass is 32.2. The number of fused-ring (bicyclic) bond motifs is 1. The van der Waals surface area contributed by atoms with E-state index < -0.39 is 16.7 Å². The first-order valence-corrected chi connectivity index (χ1v) is 14.5. The standard InChI is InChI=1S/C30H29FN4O4S/c31-21-23-8-6-22(7-9-23)10-15-28(36)34-17-19-35(20-18-34)30(37)25-11-13-26(14-12-25)33-40(38,39)27-5-1-3-24-4-2-16-32-29(24)27/h1-9,11-14,16,33H,10,15,17-21H2. The van der Waals surface area contributed by atoms with E-state index in [1.54, 1.807) is 76.7 Å². The predicted octanol–water partition coefficient (Wildman–Crippen LogP) is 4.42. The molecular weight excluding hydrogens is 531 g/mol. The van der Waals surface area contributed by atoms with Crippen molar-refractivity contribution in [2.45, 2.75) is 24.4 Å². The summed E-state index contributed by atoms with van der Waals surface area (Å²) in [5.41, 5.74) is 2.75. The molecule has 4 aromatic rings. The predicted molar refractivity (Wildman–Crippen MR) is 151 cm³/mol. The highest BCUT2D eigenvalue weighted by Gasteiger charge is 2.25. The normalized spacial score (nSPS) is 13.8. The molecule has 0 atom stereocenters. The second-order valence-corrected chi connectivity index (χ2v) is 11.3. The molecule has 1 saturated heterocycles. The monoisotopic (exact) mass is 560 g/mol. The fourth-order valence-corrected chi connectivity index (χ4v) is 5.97. The van der Waals surface area contributed by atoms with Gasteiger partial charge in [0.1, 0.15) is 11.6 Å². The average molecular weight is 561 g/mol. The Kier molecular flexibility index (Phi) is 8.06. The Hall–Kier alpha value is -4.31. The van der Waals surface area contributed by atoms with Crippen LogP contribution in [0.1, 0.15) is 27.9 Å². The number of benzene rings is 3. The minimum absolute atomic E-state index is 0.0275. The number of para-hydroxylation sites is 1. The van der Waals surface area contributed by atoms with E-state index in [2.05, 4.69) is 9.71 Å². The number of nitrogens with zero attached hydrogens (tertiary/aromatic N) is 3. The van der Waals surface area contributed by atoms with Crippen molar-refractivity contribution in [1.29, 1.82) is 0 Å². The van der Waals surface area contributed by atoms with E-state index in [4.69, 9.17) is 0 Å². The molecule has 1 aliphatic rings. The number of hydrogen-bond acceptors (Lipinski definition) is 5. The number of sulfonamides is 1. The summed E-state index contributed by atoms with van der Waals surface area (Å²) in [5, 5.41) is 0.720. The summed E-state index contributed by atoms with van der Waals surface area (Å²) in [6.45, 7) is 1.22. The summed E-state index contributed by atoms with van der Waals surface area (Å²) in [6.07, 6.45) is 2.49. The fraction of sp³-hybridized carbons (Fsp3) is 0.233. The van der Waals surface area contributed by atoms with Crippen molar-refractivity contribution in [1.82, 2.24) is 14.8 Å². The summed E-state index contributed by atoms with van der Waals surface area (Å²) < 4.78 is 41.3. The van der Waals surface area contributed by atoms with E-state index >= 15 is 0 Å². The minimum Gasteiger partial charge on any atom is -0.339 e. The molecule has 8 nitrogen and oxygen atoms in total. The lowest BCUT2D eigenvalue weighted by Gasteiger charge is -2.35. The zero-order valence-electron chi connectivity index (χ0n) is 21.8. The number of hydrogen-bond donors (Lipinski definition) is 1. The van der Waals surface area contributed by atoms with Crippen LogP contribution in [0.15, 0.2) is 90.0 Å². The molecule has 1 N–H and O–H groups in total. The van der Waals surface area contributed by atoms with Gasteiger partial charge in [-0.15, -0.1) is 0 Å². The Morgan fingerprint density at radius 1 is 0.825 bits per heavy atom. The molecule has 0 radical (unpaired) electrons. The van der Waals surface area contributed by atoms with Gasteiger partial charge in [0.15, 0.2) is 0 Å².